The summed E-state index contributed by atoms with van der Waals surface area (Å²) in [6.07, 6.45) is 2.68. The van der Waals surface area contributed by atoms with Gasteiger partial charge in [0.1, 0.15) is 22.3 Å². The summed E-state index contributed by atoms with van der Waals surface area (Å²) in [6, 6.07) is 1.78. The van der Waals surface area contributed by atoms with Crippen molar-refractivity contribution in [3.63, 3.8) is 0 Å². The van der Waals surface area contributed by atoms with Crippen molar-refractivity contribution < 1.29 is 9.32 Å². The highest BCUT2D eigenvalue weighted by Crippen LogP contribution is 2.08. The third-order valence-corrected chi connectivity index (χ3v) is 2.46. The van der Waals surface area contributed by atoms with Crippen molar-refractivity contribution in [1.82, 2.24) is 20.0 Å². The van der Waals surface area contributed by atoms with Crippen LogP contribution >= 0.6 is 11.6 Å². The van der Waals surface area contributed by atoms with E-state index in [0.717, 1.165) is 0 Å². The number of carbonyl (C=O) groups is 1. The minimum atomic E-state index is -0.250. The van der Waals surface area contributed by atoms with Gasteiger partial charge < -0.3 is 9.42 Å². The van der Waals surface area contributed by atoms with Crippen LogP contribution in [0.4, 0.5) is 0 Å². The van der Waals surface area contributed by atoms with Crippen molar-refractivity contribution in [3.05, 3.63) is 40.8 Å². The van der Waals surface area contributed by atoms with E-state index in [4.69, 9.17) is 16.1 Å². The Balaban J connectivity index is 2.07. The van der Waals surface area contributed by atoms with Crippen LogP contribution in [0.3, 0.4) is 0 Å². The Bertz CT molecular complexity index is 552. The van der Waals surface area contributed by atoms with Gasteiger partial charge in [-0.25, -0.2) is 9.97 Å². The highest BCUT2D eigenvalue weighted by molar-refractivity contribution is 6.29. The molecule has 94 valence electrons. The molecule has 0 aromatic carbocycles. The van der Waals surface area contributed by atoms with Gasteiger partial charge in [-0.3, -0.25) is 4.79 Å². The first-order valence-corrected chi connectivity index (χ1v) is 5.59. The van der Waals surface area contributed by atoms with E-state index in [9.17, 15) is 4.79 Å². The molecule has 0 spiro atoms. The lowest BCUT2D eigenvalue weighted by Gasteiger charge is -2.14. The van der Waals surface area contributed by atoms with Gasteiger partial charge in [0.15, 0.2) is 0 Å². The number of carbonyl (C=O) groups excluding carboxylic acids is 1. The average molecular weight is 267 g/mol. The van der Waals surface area contributed by atoms with Crippen LogP contribution in [0.5, 0.6) is 0 Å². The van der Waals surface area contributed by atoms with Crippen LogP contribution in [0, 0.1) is 6.92 Å². The van der Waals surface area contributed by atoms with E-state index in [1.54, 1.807) is 20.0 Å². The van der Waals surface area contributed by atoms with E-state index < -0.39 is 0 Å². The second kappa shape index (κ2) is 5.14. The third-order valence-electron chi connectivity index (χ3n) is 2.26. The average Bonchev–Trinajstić information content (AvgIpc) is 2.75. The van der Waals surface area contributed by atoms with Crippen LogP contribution in [-0.2, 0) is 6.54 Å². The van der Waals surface area contributed by atoms with Gasteiger partial charge in [-0.15, -0.1) is 0 Å². The van der Waals surface area contributed by atoms with Crippen molar-refractivity contribution in [2.45, 2.75) is 13.5 Å². The Morgan fingerprint density at radius 1 is 1.44 bits per heavy atom. The van der Waals surface area contributed by atoms with Crippen LogP contribution in [-0.4, -0.2) is 33.0 Å². The lowest BCUT2D eigenvalue weighted by Crippen LogP contribution is -2.27. The fourth-order valence-electron chi connectivity index (χ4n) is 1.43. The van der Waals surface area contributed by atoms with Crippen molar-refractivity contribution >= 4 is 17.5 Å². The predicted molar refractivity (Wildman–Crippen MR) is 64.1 cm³/mol. The van der Waals surface area contributed by atoms with Crippen LogP contribution in [0.2, 0.25) is 5.15 Å². The maximum Gasteiger partial charge on any atom is 0.274 e. The summed E-state index contributed by atoms with van der Waals surface area (Å²) >= 11 is 5.61. The van der Waals surface area contributed by atoms with Gasteiger partial charge in [0.25, 0.3) is 5.91 Å². The summed E-state index contributed by atoms with van der Waals surface area (Å²) < 4.78 is 4.93. The molecule has 0 unspecified atom stereocenters. The SMILES string of the molecule is Cc1cc(CN(C)C(=O)c2cnc(Cl)cn2)no1. The molecular weight excluding hydrogens is 256 g/mol. The molecule has 0 bridgehead atoms. The number of halogens is 1. The Hall–Kier alpha value is -1.95. The van der Waals surface area contributed by atoms with E-state index in [1.165, 1.54) is 17.3 Å². The smallest absolute Gasteiger partial charge is 0.274 e. The zero-order valence-electron chi connectivity index (χ0n) is 9.92. The Labute approximate surface area is 109 Å². The molecule has 2 heterocycles. The molecule has 7 heteroatoms. The second-order valence-corrected chi connectivity index (χ2v) is 4.20. The molecule has 0 aliphatic rings. The number of hydrogen-bond donors (Lipinski definition) is 0. The predicted octanol–water partition coefficient (Wildman–Crippen LogP) is 1.70. The summed E-state index contributed by atoms with van der Waals surface area (Å²) in [5.74, 6) is 0.456. The molecule has 2 aromatic heterocycles. The molecule has 0 saturated carbocycles. The molecule has 2 rings (SSSR count). The minimum absolute atomic E-state index is 0.238. The fourth-order valence-corrected chi connectivity index (χ4v) is 1.52. The first kappa shape index (κ1) is 12.5. The number of rotatable bonds is 3. The van der Waals surface area contributed by atoms with Crippen LogP contribution in [0.1, 0.15) is 21.9 Å². The third kappa shape index (κ3) is 2.84. The van der Waals surface area contributed by atoms with E-state index >= 15 is 0 Å². The number of nitrogens with zero attached hydrogens (tertiary/aromatic N) is 4. The summed E-state index contributed by atoms with van der Waals surface area (Å²) in [7, 11) is 1.66. The molecule has 0 aliphatic carbocycles. The number of aromatic nitrogens is 3. The molecule has 0 fully saturated rings. The van der Waals surface area contributed by atoms with Gasteiger partial charge in [-0.05, 0) is 6.92 Å². The Morgan fingerprint density at radius 3 is 2.78 bits per heavy atom. The molecule has 6 nitrogen and oxygen atoms in total. The summed E-state index contributed by atoms with van der Waals surface area (Å²) in [5.41, 5.74) is 0.924. The topological polar surface area (TPSA) is 72.1 Å². The highest BCUT2D eigenvalue weighted by Gasteiger charge is 2.15. The normalized spacial score (nSPS) is 10.4. The molecular formula is C11H11ClN4O2. The molecule has 18 heavy (non-hydrogen) atoms. The summed E-state index contributed by atoms with van der Waals surface area (Å²) in [6.45, 7) is 2.14. The van der Waals surface area contributed by atoms with Crippen molar-refractivity contribution in [1.29, 1.82) is 0 Å². The molecule has 0 saturated heterocycles. The molecule has 2 aromatic rings. The number of aryl methyl sites for hydroxylation is 1. The van der Waals surface area contributed by atoms with Gasteiger partial charge in [0.2, 0.25) is 0 Å². The molecule has 0 radical (unpaired) electrons. The monoisotopic (exact) mass is 266 g/mol. The van der Waals surface area contributed by atoms with Gasteiger partial charge in [0, 0.05) is 13.1 Å². The minimum Gasteiger partial charge on any atom is -0.361 e. The van der Waals surface area contributed by atoms with Gasteiger partial charge in [-0.1, -0.05) is 16.8 Å². The second-order valence-electron chi connectivity index (χ2n) is 3.81. The highest BCUT2D eigenvalue weighted by atomic mass is 35.5. The summed E-state index contributed by atoms with van der Waals surface area (Å²) in [5, 5.41) is 4.07. The summed E-state index contributed by atoms with van der Waals surface area (Å²) in [4.78, 5) is 21.2. The van der Waals surface area contributed by atoms with Crippen LogP contribution in [0.25, 0.3) is 0 Å². The van der Waals surface area contributed by atoms with Gasteiger partial charge in [0.05, 0.1) is 18.9 Å². The van der Waals surface area contributed by atoms with Gasteiger partial charge >= 0.3 is 0 Å². The van der Waals surface area contributed by atoms with Crippen molar-refractivity contribution in [2.24, 2.45) is 0 Å². The fraction of sp³-hybridized carbons (Fsp3) is 0.273. The first-order chi connectivity index (χ1) is 8.56. The quantitative estimate of drug-likeness (QED) is 0.845. The standard InChI is InChI=1S/C11H11ClN4O2/c1-7-3-8(15-18-7)6-16(2)11(17)9-4-14-10(12)5-13-9/h3-5H,6H2,1-2H3. The largest absolute Gasteiger partial charge is 0.361 e. The molecule has 0 aliphatic heterocycles. The number of amides is 1. The lowest BCUT2D eigenvalue weighted by molar-refractivity contribution is 0.0776. The zero-order valence-corrected chi connectivity index (χ0v) is 10.7. The Kier molecular flexibility index (Phi) is 3.57. The van der Waals surface area contributed by atoms with E-state index in [1.807, 2.05) is 0 Å². The lowest BCUT2D eigenvalue weighted by atomic mass is 10.3. The number of hydrogen-bond acceptors (Lipinski definition) is 5. The van der Waals surface area contributed by atoms with E-state index in [2.05, 4.69) is 15.1 Å². The van der Waals surface area contributed by atoms with Crippen LogP contribution < -0.4 is 0 Å². The maximum atomic E-state index is 12.0. The first-order valence-electron chi connectivity index (χ1n) is 5.21. The van der Waals surface area contributed by atoms with Gasteiger partial charge in [-0.2, -0.15) is 0 Å². The van der Waals surface area contributed by atoms with Crippen LogP contribution in [0.15, 0.2) is 23.0 Å². The van der Waals surface area contributed by atoms with Crippen molar-refractivity contribution in [3.8, 4) is 0 Å². The zero-order chi connectivity index (χ0) is 13.1. The molecule has 1 amide bonds. The Morgan fingerprint density at radius 2 is 2.22 bits per heavy atom. The van der Waals surface area contributed by atoms with Crippen molar-refractivity contribution in [2.75, 3.05) is 7.05 Å². The van der Waals surface area contributed by atoms with E-state index in [-0.39, 0.29) is 16.8 Å². The maximum absolute atomic E-state index is 12.0. The molecule has 0 atom stereocenters. The molecule has 0 N–H and O–H groups in total. The van der Waals surface area contributed by atoms with E-state index in [0.29, 0.717) is 18.0 Å².